The quantitative estimate of drug-likeness (QED) is 0.805. The van der Waals surface area contributed by atoms with E-state index in [4.69, 9.17) is 9.47 Å². The molecule has 126 valence electrons. The van der Waals surface area contributed by atoms with Gasteiger partial charge < -0.3 is 14.4 Å². The van der Waals surface area contributed by atoms with Gasteiger partial charge in [0.15, 0.2) is 0 Å². The maximum atomic E-state index is 12.5. The van der Waals surface area contributed by atoms with Gasteiger partial charge in [0.1, 0.15) is 17.7 Å². The maximum absolute atomic E-state index is 12.5. The average Bonchev–Trinajstić information content (AvgIpc) is 3.12. The van der Waals surface area contributed by atoms with E-state index in [0.29, 0.717) is 6.61 Å². The molecule has 1 fully saturated rings. The summed E-state index contributed by atoms with van der Waals surface area (Å²) in [6, 6.07) is 17.8. The van der Waals surface area contributed by atoms with E-state index in [1.54, 1.807) is 18.9 Å². The Balaban J connectivity index is 1.56. The number of thioether (sulfide) groups is 1. The van der Waals surface area contributed by atoms with Crippen molar-refractivity contribution in [3.05, 3.63) is 65.7 Å². The maximum Gasteiger partial charge on any atom is 0.249 e. The van der Waals surface area contributed by atoms with E-state index in [-0.39, 0.29) is 17.9 Å². The van der Waals surface area contributed by atoms with Crippen molar-refractivity contribution in [3.63, 3.8) is 0 Å². The first-order valence-corrected chi connectivity index (χ1v) is 8.99. The van der Waals surface area contributed by atoms with Gasteiger partial charge in [-0.15, -0.1) is 11.8 Å². The summed E-state index contributed by atoms with van der Waals surface area (Å²) in [5.41, 5.74) is 2.20. The highest BCUT2D eigenvalue weighted by Crippen LogP contribution is 2.38. The van der Waals surface area contributed by atoms with Gasteiger partial charge in [0.2, 0.25) is 5.91 Å². The molecule has 1 heterocycles. The zero-order valence-electron chi connectivity index (χ0n) is 13.7. The summed E-state index contributed by atoms with van der Waals surface area (Å²) in [5.74, 6) is 1.81. The van der Waals surface area contributed by atoms with Crippen molar-refractivity contribution in [1.29, 1.82) is 0 Å². The summed E-state index contributed by atoms with van der Waals surface area (Å²) in [6.45, 7) is 1.33. The van der Waals surface area contributed by atoms with Gasteiger partial charge in [-0.2, -0.15) is 0 Å². The molecule has 1 saturated heterocycles. The number of ether oxygens (including phenoxy) is 2. The Labute approximate surface area is 146 Å². The smallest absolute Gasteiger partial charge is 0.249 e. The minimum atomic E-state index is 0.0387. The lowest BCUT2D eigenvalue weighted by atomic mass is 10.2. The van der Waals surface area contributed by atoms with Crippen LogP contribution in [-0.4, -0.2) is 36.8 Å². The lowest BCUT2D eigenvalue weighted by Gasteiger charge is -2.24. The van der Waals surface area contributed by atoms with Gasteiger partial charge in [-0.1, -0.05) is 42.5 Å². The molecular formula is C19H21NO3S. The standard InChI is InChI=1S/C19H21NO3S/c1-22-17-9-7-16(8-10-17)19-20(11-12-24-19)18(21)14-23-13-15-5-3-2-4-6-15/h2-10,19H,11-14H2,1H3. The highest BCUT2D eigenvalue weighted by atomic mass is 32.2. The minimum Gasteiger partial charge on any atom is -0.497 e. The number of amides is 1. The van der Waals surface area contributed by atoms with Crippen LogP contribution in [0.1, 0.15) is 16.5 Å². The highest BCUT2D eigenvalue weighted by Gasteiger charge is 2.30. The van der Waals surface area contributed by atoms with Crippen LogP contribution in [0.25, 0.3) is 0 Å². The minimum absolute atomic E-state index is 0.0387. The second-order valence-corrected chi connectivity index (χ2v) is 6.75. The van der Waals surface area contributed by atoms with Crippen molar-refractivity contribution < 1.29 is 14.3 Å². The first kappa shape index (κ1) is 16.9. The Kier molecular flexibility index (Phi) is 5.77. The Morgan fingerprint density at radius 3 is 2.62 bits per heavy atom. The number of carbonyl (C=O) groups excluding carboxylic acids is 1. The lowest BCUT2D eigenvalue weighted by Crippen LogP contribution is -2.33. The van der Waals surface area contributed by atoms with Crippen LogP contribution in [0.4, 0.5) is 0 Å². The van der Waals surface area contributed by atoms with Crippen LogP contribution >= 0.6 is 11.8 Å². The zero-order valence-corrected chi connectivity index (χ0v) is 14.5. The molecule has 4 nitrogen and oxygen atoms in total. The molecule has 0 saturated carbocycles. The predicted octanol–water partition coefficient (Wildman–Crippen LogP) is 3.49. The fraction of sp³-hybridized carbons (Fsp3) is 0.316. The molecule has 0 aliphatic carbocycles. The summed E-state index contributed by atoms with van der Waals surface area (Å²) in [6.07, 6.45) is 0. The highest BCUT2D eigenvalue weighted by molar-refractivity contribution is 7.99. The lowest BCUT2D eigenvalue weighted by molar-refractivity contribution is -0.136. The molecule has 3 rings (SSSR count). The molecule has 5 heteroatoms. The third-order valence-corrected chi connectivity index (χ3v) is 5.21. The summed E-state index contributed by atoms with van der Waals surface area (Å²) in [5, 5.41) is 0.0590. The van der Waals surface area contributed by atoms with Gasteiger partial charge in [0.25, 0.3) is 0 Å². The summed E-state index contributed by atoms with van der Waals surface area (Å²) in [4.78, 5) is 14.4. The van der Waals surface area contributed by atoms with Crippen LogP contribution in [0.15, 0.2) is 54.6 Å². The van der Waals surface area contributed by atoms with Crippen molar-refractivity contribution in [3.8, 4) is 5.75 Å². The van der Waals surface area contributed by atoms with Gasteiger partial charge in [-0.3, -0.25) is 4.79 Å². The van der Waals surface area contributed by atoms with Crippen LogP contribution in [0.3, 0.4) is 0 Å². The van der Waals surface area contributed by atoms with Crippen LogP contribution in [0.2, 0.25) is 0 Å². The average molecular weight is 343 g/mol. The van der Waals surface area contributed by atoms with E-state index in [2.05, 4.69) is 0 Å². The van der Waals surface area contributed by atoms with Gasteiger partial charge in [-0.25, -0.2) is 0 Å². The molecule has 1 aliphatic rings. The van der Waals surface area contributed by atoms with Crippen LogP contribution in [0, 0.1) is 0 Å². The first-order valence-electron chi connectivity index (χ1n) is 7.94. The summed E-state index contributed by atoms with van der Waals surface area (Å²) >= 11 is 1.78. The fourth-order valence-corrected chi connectivity index (χ4v) is 3.96. The van der Waals surface area contributed by atoms with E-state index >= 15 is 0 Å². The molecule has 24 heavy (non-hydrogen) atoms. The number of nitrogens with zero attached hydrogens (tertiary/aromatic N) is 1. The number of benzene rings is 2. The topological polar surface area (TPSA) is 38.8 Å². The molecule has 2 aromatic carbocycles. The molecule has 1 unspecified atom stereocenters. The molecular weight excluding hydrogens is 322 g/mol. The molecule has 0 aromatic heterocycles. The Morgan fingerprint density at radius 2 is 1.92 bits per heavy atom. The molecule has 0 radical (unpaired) electrons. The predicted molar refractivity (Wildman–Crippen MR) is 96.0 cm³/mol. The van der Waals surface area contributed by atoms with Crippen molar-refractivity contribution in [1.82, 2.24) is 4.90 Å². The number of carbonyl (C=O) groups is 1. The molecule has 0 bridgehead atoms. The van der Waals surface area contributed by atoms with E-state index in [0.717, 1.165) is 29.2 Å². The van der Waals surface area contributed by atoms with Crippen molar-refractivity contribution in [2.45, 2.75) is 12.0 Å². The number of hydrogen-bond acceptors (Lipinski definition) is 4. The molecule has 2 aromatic rings. The number of methoxy groups -OCH3 is 1. The molecule has 1 amide bonds. The number of hydrogen-bond donors (Lipinski definition) is 0. The first-order chi connectivity index (χ1) is 11.8. The Morgan fingerprint density at radius 1 is 1.17 bits per heavy atom. The SMILES string of the molecule is COc1ccc(C2SCCN2C(=O)COCc2ccccc2)cc1. The van der Waals surface area contributed by atoms with Crippen LogP contribution in [0.5, 0.6) is 5.75 Å². The van der Waals surface area contributed by atoms with Crippen molar-refractivity contribution in [2.24, 2.45) is 0 Å². The fourth-order valence-electron chi connectivity index (χ4n) is 2.68. The van der Waals surface area contributed by atoms with Gasteiger partial charge >= 0.3 is 0 Å². The monoisotopic (exact) mass is 343 g/mol. The van der Waals surface area contributed by atoms with Crippen LogP contribution in [-0.2, 0) is 16.1 Å². The van der Waals surface area contributed by atoms with Crippen molar-refractivity contribution in [2.75, 3.05) is 26.0 Å². The van der Waals surface area contributed by atoms with Crippen molar-refractivity contribution >= 4 is 17.7 Å². The van der Waals surface area contributed by atoms with E-state index < -0.39 is 0 Å². The van der Waals surface area contributed by atoms with Gasteiger partial charge in [0.05, 0.1) is 13.7 Å². The zero-order chi connectivity index (χ0) is 16.8. The molecule has 0 N–H and O–H groups in total. The second kappa shape index (κ2) is 8.22. The number of rotatable bonds is 6. The second-order valence-electron chi connectivity index (χ2n) is 5.56. The van der Waals surface area contributed by atoms with E-state index in [1.165, 1.54) is 0 Å². The Bertz CT molecular complexity index is 660. The third-order valence-electron chi connectivity index (χ3n) is 3.95. The van der Waals surface area contributed by atoms with Gasteiger partial charge in [-0.05, 0) is 23.3 Å². The van der Waals surface area contributed by atoms with Crippen LogP contribution < -0.4 is 4.74 Å². The summed E-state index contributed by atoms with van der Waals surface area (Å²) < 4.78 is 10.8. The normalized spacial score (nSPS) is 17.0. The Hall–Kier alpha value is -1.98. The van der Waals surface area contributed by atoms with Gasteiger partial charge in [0, 0.05) is 12.3 Å². The summed E-state index contributed by atoms with van der Waals surface area (Å²) in [7, 11) is 1.65. The van der Waals surface area contributed by atoms with E-state index in [9.17, 15) is 4.79 Å². The molecule has 1 aliphatic heterocycles. The third kappa shape index (κ3) is 4.10. The largest absolute Gasteiger partial charge is 0.497 e. The molecule has 0 spiro atoms. The van der Waals surface area contributed by atoms with E-state index in [1.807, 2.05) is 59.5 Å². The molecule has 1 atom stereocenters.